The number of carbonyl (C=O) groups is 1. The molecule has 0 fully saturated rings. The Morgan fingerprint density at radius 2 is 2.06 bits per heavy atom. The first-order valence-corrected chi connectivity index (χ1v) is 11.0. The molecule has 1 aliphatic heterocycles. The molecule has 3 heterocycles. The molecule has 4 rings (SSSR count). The normalized spacial score (nSPS) is 16.3. The summed E-state index contributed by atoms with van der Waals surface area (Å²) < 4.78 is 31.3. The number of nitrogens with zero attached hydrogens (tertiary/aromatic N) is 4. The largest absolute Gasteiger partial charge is 0.386 e. The number of pyridine rings is 1. The van der Waals surface area contributed by atoms with Gasteiger partial charge in [0.1, 0.15) is 17.5 Å². The maximum atomic E-state index is 14.8. The maximum absolute atomic E-state index is 14.8. The van der Waals surface area contributed by atoms with Crippen molar-refractivity contribution in [3.8, 4) is 0 Å². The van der Waals surface area contributed by atoms with Crippen LogP contribution in [-0.4, -0.2) is 31.0 Å². The number of benzene rings is 1. The number of aliphatic hydroxyl groups is 1. The van der Waals surface area contributed by atoms with E-state index in [4.69, 9.17) is 5.73 Å². The molecule has 8 nitrogen and oxygen atoms in total. The summed E-state index contributed by atoms with van der Waals surface area (Å²) in [5, 5.41) is 20.5. The quantitative estimate of drug-likeness (QED) is 0.483. The molecule has 0 radical (unpaired) electrons. The molecule has 0 bridgehead atoms. The summed E-state index contributed by atoms with van der Waals surface area (Å²) in [6.07, 6.45) is 5.03. The van der Waals surface area contributed by atoms with E-state index >= 15 is 0 Å². The molecule has 0 spiro atoms. The fourth-order valence-electron chi connectivity index (χ4n) is 3.47. The van der Waals surface area contributed by atoms with Gasteiger partial charge in [0.2, 0.25) is 5.91 Å². The molecule has 172 valence electrons. The van der Waals surface area contributed by atoms with Gasteiger partial charge >= 0.3 is 0 Å². The Morgan fingerprint density at radius 1 is 1.33 bits per heavy atom. The fraction of sp³-hybridized carbons (Fsp3) is 0.273. The molecule has 0 saturated heterocycles. The fourth-order valence-corrected chi connectivity index (χ4v) is 4.84. The molecule has 2 aromatic heterocycles. The van der Waals surface area contributed by atoms with Crippen molar-refractivity contribution in [2.24, 2.45) is 5.73 Å². The van der Waals surface area contributed by atoms with Crippen LogP contribution in [0.2, 0.25) is 0 Å². The lowest BCUT2D eigenvalue weighted by Crippen LogP contribution is -2.17. The number of primary amides is 1. The third-order valence-electron chi connectivity index (χ3n) is 5.21. The van der Waals surface area contributed by atoms with Gasteiger partial charge in [0, 0.05) is 28.8 Å². The standard InChI is InChI=1S/C22H22F2N6O2S/c1-22(2,32)13-7-15(23)19(16(24)8-13)17-9-14(20(25)31)21(33-17)28-18-4-3-12(10-26-18)11-30-6-5-27-29-30/h3-8,10,17,32H,9,11H2,1-2H3,(H2,25,31)(H,26,28). The van der Waals surface area contributed by atoms with Gasteiger partial charge in [0.15, 0.2) is 0 Å². The number of hydrogen-bond donors (Lipinski definition) is 3. The van der Waals surface area contributed by atoms with Crippen molar-refractivity contribution in [2.75, 3.05) is 5.32 Å². The first-order chi connectivity index (χ1) is 15.6. The number of anilines is 1. The molecule has 1 unspecified atom stereocenters. The molecule has 11 heteroatoms. The highest BCUT2D eigenvalue weighted by atomic mass is 32.2. The monoisotopic (exact) mass is 472 g/mol. The Bertz CT molecular complexity index is 1180. The number of carbonyl (C=O) groups excluding carboxylic acids is 1. The summed E-state index contributed by atoms with van der Waals surface area (Å²) in [6, 6.07) is 5.80. The highest BCUT2D eigenvalue weighted by molar-refractivity contribution is 8.03. The molecular weight excluding hydrogens is 450 g/mol. The Balaban J connectivity index is 1.53. The molecule has 0 saturated carbocycles. The molecule has 33 heavy (non-hydrogen) atoms. The van der Waals surface area contributed by atoms with E-state index in [9.17, 15) is 18.7 Å². The van der Waals surface area contributed by atoms with Gasteiger partial charge < -0.3 is 16.2 Å². The third kappa shape index (κ3) is 5.04. The van der Waals surface area contributed by atoms with E-state index in [-0.39, 0.29) is 23.1 Å². The topological polar surface area (TPSA) is 119 Å². The summed E-state index contributed by atoms with van der Waals surface area (Å²) >= 11 is 1.11. The second kappa shape index (κ2) is 8.91. The maximum Gasteiger partial charge on any atom is 0.247 e. The van der Waals surface area contributed by atoms with Crippen molar-refractivity contribution in [3.63, 3.8) is 0 Å². The minimum absolute atomic E-state index is 0.0580. The minimum Gasteiger partial charge on any atom is -0.386 e. The molecule has 3 aromatic rings. The molecule has 1 aliphatic rings. The van der Waals surface area contributed by atoms with Crippen molar-refractivity contribution in [3.05, 3.63) is 81.8 Å². The van der Waals surface area contributed by atoms with Crippen LogP contribution in [0, 0.1) is 11.6 Å². The number of aromatic nitrogens is 4. The lowest BCUT2D eigenvalue weighted by atomic mass is 9.94. The number of rotatable bonds is 7. The van der Waals surface area contributed by atoms with Crippen LogP contribution in [0.5, 0.6) is 0 Å². The summed E-state index contributed by atoms with van der Waals surface area (Å²) in [4.78, 5) is 16.4. The van der Waals surface area contributed by atoms with E-state index in [0.717, 1.165) is 29.5 Å². The van der Waals surface area contributed by atoms with Crippen molar-refractivity contribution in [1.29, 1.82) is 0 Å². The lowest BCUT2D eigenvalue weighted by molar-refractivity contribution is -0.114. The first kappa shape index (κ1) is 22.9. The summed E-state index contributed by atoms with van der Waals surface area (Å²) in [5.74, 6) is -1.79. The Kier molecular flexibility index (Phi) is 6.17. The summed E-state index contributed by atoms with van der Waals surface area (Å²) in [6.45, 7) is 3.40. The average molecular weight is 473 g/mol. The van der Waals surface area contributed by atoms with Gasteiger partial charge in [0.05, 0.1) is 23.4 Å². The van der Waals surface area contributed by atoms with E-state index in [1.807, 2.05) is 6.07 Å². The number of halogens is 2. The van der Waals surface area contributed by atoms with Crippen LogP contribution in [0.3, 0.4) is 0 Å². The van der Waals surface area contributed by atoms with Crippen molar-refractivity contribution >= 4 is 23.5 Å². The molecule has 1 amide bonds. The molecule has 4 N–H and O–H groups in total. The Morgan fingerprint density at radius 3 is 2.61 bits per heavy atom. The summed E-state index contributed by atoms with van der Waals surface area (Å²) in [5.41, 5.74) is 5.23. The third-order valence-corrected chi connectivity index (χ3v) is 6.48. The first-order valence-electron chi connectivity index (χ1n) is 10.1. The van der Waals surface area contributed by atoms with E-state index in [1.165, 1.54) is 13.8 Å². The zero-order chi connectivity index (χ0) is 23.8. The van der Waals surface area contributed by atoms with Crippen molar-refractivity contribution in [2.45, 2.75) is 37.7 Å². The second-order valence-electron chi connectivity index (χ2n) is 8.17. The van der Waals surface area contributed by atoms with Crippen LogP contribution in [0.25, 0.3) is 0 Å². The Hall–Kier alpha value is -3.31. The van der Waals surface area contributed by atoms with Crippen LogP contribution >= 0.6 is 11.8 Å². The van der Waals surface area contributed by atoms with E-state index in [2.05, 4.69) is 20.6 Å². The minimum atomic E-state index is -1.39. The number of amides is 1. The zero-order valence-electron chi connectivity index (χ0n) is 17.9. The van der Waals surface area contributed by atoms with Gasteiger partial charge in [0.25, 0.3) is 0 Å². The number of nitrogens with two attached hydrogens (primary N) is 1. The van der Waals surface area contributed by atoms with Gasteiger partial charge in [-0.2, -0.15) is 0 Å². The zero-order valence-corrected chi connectivity index (χ0v) is 18.7. The Labute approximate surface area is 192 Å². The second-order valence-corrected chi connectivity index (χ2v) is 9.39. The summed E-state index contributed by atoms with van der Waals surface area (Å²) in [7, 11) is 0. The molecule has 0 aliphatic carbocycles. The average Bonchev–Trinajstić information content (AvgIpc) is 3.38. The number of nitrogens with one attached hydrogen (secondary N) is 1. The van der Waals surface area contributed by atoms with Gasteiger partial charge in [-0.05, 0) is 49.6 Å². The smallest absolute Gasteiger partial charge is 0.247 e. The van der Waals surface area contributed by atoms with Gasteiger partial charge in [-0.1, -0.05) is 23.0 Å². The SMILES string of the molecule is CC(C)(O)c1cc(F)c(C2CC(C(N)=O)=C(Nc3ccc(Cn4ccnn4)cn3)S2)c(F)c1. The van der Waals surface area contributed by atoms with Crippen LogP contribution in [0.15, 0.2) is 53.5 Å². The van der Waals surface area contributed by atoms with Crippen LogP contribution < -0.4 is 11.1 Å². The number of thioether (sulfide) groups is 1. The van der Waals surface area contributed by atoms with Crippen LogP contribution in [-0.2, 0) is 16.9 Å². The van der Waals surface area contributed by atoms with Crippen molar-refractivity contribution in [1.82, 2.24) is 20.0 Å². The molecule has 1 aromatic carbocycles. The van der Waals surface area contributed by atoms with E-state index in [0.29, 0.717) is 17.4 Å². The highest BCUT2D eigenvalue weighted by Gasteiger charge is 2.34. The van der Waals surface area contributed by atoms with E-state index in [1.54, 1.807) is 29.3 Å². The highest BCUT2D eigenvalue weighted by Crippen LogP contribution is 2.49. The van der Waals surface area contributed by atoms with Crippen LogP contribution in [0.1, 0.15) is 42.2 Å². The number of hydrogen-bond acceptors (Lipinski definition) is 7. The predicted molar refractivity (Wildman–Crippen MR) is 120 cm³/mol. The lowest BCUT2D eigenvalue weighted by Gasteiger charge is -2.20. The van der Waals surface area contributed by atoms with E-state index < -0.39 is 28.4 Å². The molecular formula is C22H22F2N6O2S. The van der Waals surface area contributed by atoms with Crippen molar-refractivity contribution < 1.29 is 18.7 Å². The van der Waals surface area contributed by atoms with Gasteiger partial charge in [-0.25, -0.2) is 18.4 Å². The van der Waals surface area contributed by atoms with Crippen LogP contribution in [0.4, 0.5) is 14.6 Å². The predicted octanol–water partition coefficient (Wildman–Crippen LogP) is 3.21. The van der Waals surface area contributed by atoms with Gasteiger partial charge in [-0.3, -0.25) is 4.79 Å². The molecule has 1 atom stereocenters. The van der Waals surface area contributed by atoms with Gasteiger partial charge in [-0.15, -0.1) is 5.10 Å².